The summed E-state index contributed by atoms with van der Waals surface area (Å²) >= 11 is 0. The van der Waals surface area contributed by atoms with Gasteiger partial charge in [-0.05, 0) is 66.8 Å². The highest BCUT2D eigenvalue weighted by atomic mass is 19.3. The molecule has 0 aliphatic rings. The van der Waals surface area contributed by atoms with E-state index in [1.165, 1.54) is 30.7 Å². The number of hydrogen-bond donors (Lipinski definition) is 0. The van der Waals surface area contributed by atoms with E-state index in [-0.39, 0.29) is 6.42 Å². The third-order valence-electron chi connectivity index (χ3n) is 5.86. The second kappa shape index (κ2) is 27.4. The van der Waals surface area contributed by atoms with Gasteiger partial charge in [0.05, 0.1) is 0 Å². The predicted octanol–water partition coefficient (Wildman–Crippen LogP) is 13.5. The molecular weight excluding hydrogens is 534 g/mol. The quantitative estimate of drug-likeness (QED) is 0.148. The van der Waals surface area contributed by atoms with Gasteiger partial charge in [-0.1, -0.05) is 142 Å². The van der Waals surface area contributed by atoms with E-state index in [1.54, 1.807) is 12.3 Å². The van der Waals surface area contributed by atoms with Crippen LogP contribution >= 0.6 is 0 Å². The first-order valence-electron chi connectivity index (χ1n) is 16.0. The topological polar surface area (TPSA) is 24.7 Å². The van der Waals surface area contributed by atoms with Gasteiger partial charge in [-0.2, -0.15) is 8.78 Å². The number of benzene rings is 2. The molecule has 0 bridgehead atoms. The summed E-state index contributed by atoms with van der Waals surface area (Å²) in [6.07, 6.45) is 14.2. The van der Waals surface area contributed by atoms with Crippen molar-refractivity contribution in [3.63, 3.8) is 0 Å². The molecule has 0 radical (unpaired) electrons. The van der Waals surface area contributed by atoms with Crippen molar-refractivity contribution >= 4 is 28.8 Å². The third-order valence-corrected chi connectivity index (χ3v) is 5.86. The lowest BCUT2D eigenvalue weighted by molar-refractivity contribution is 0.00795. The molecule has 0 fully saturated rings. The Balaban J connectivity index is -0.00000142. The Morgan fingerprint density at radius 1 is 0.860 bits per heavy atom. The van der Waals surface area contributed by atoms with Gasteiger partial charge in [-0.3, -0.25) is 4.99 Å². The Hall–Kier alpha value is -3.40. The van der Waals surface area contributed by atoms with E-state index in [1.807, 2.05) is 98.8 Å². The average molecular weight is 595 g/mol. The number of allylic oxidation sites excluding steroid dienone is 9. The number of alkyl halides is 2. The van der Waals surface area contributed by atoms with Gasteiger partial charge in [0.1, 0.15) is 0 Å². The number of halogens is 2. The van der Waals surface area contributed by atoms with Gasteiger partial charge in [0.15, 0.2) is 0 Å². The molecule has 0 aliphatic heterocycles. The first-order chi connectivity index (χ1) is 20.7. The molecule has 0 amide bonds. The van der Waals surface area contributed by atoms with Gasteiger partial charge < -0.3 is 0 Å². The Bertz CT molecular complexity index is 1210. The van der Waals surface area contributed by atoms with Crippen LogP contribution in [0.25, 0.3) is 16.3 Å². The van der Waals surface area contributed by atoms with Crippen molar-refractivity contribution in [2.24, 2.45) is 9.98 Å². The van der Waals surface area contributed by atoms with E-state index in [2.05, 4.69) is 56.6 Å². The molecule has 2 aromatic carbocycles. The molecule has 0 spiro atoms. The van der Waals surface area contributed by atoms with Crippen LogP contribution < -0.4 is 0 Å². The minimum Gasteiger partial charge on any atom is -0.260 e. The van der Waals surface area contributed by atoms with Gasteiger partial charge in [-0.25, -0.2) is 4.99 Å². The lowest BCUT2D eigenvalue weighted by atomic mass is 9.94. The standard InChI is InChI=1S/C29H32F2N2.C4H10.3C2H6/c1-7-13-24(18-19-33-29(30,31)10-4)23(8-2)20-32-22(6)25(9-3)28-17-16-21(5)26-14-11-12-15-27(26)28;1-3-4-2;3*1-2/h7-9,11-20H,3,10H2,1-2,4-6H3;3-4H2,1-2H3;3*1-2H3/b13-7-,23-8+,24-18+,25-22-,32-20-,33-19-;;;;. The lowest BCUT2D eigenvalue weighted by Crippen LogP contribution is -2.09. The van der Waals surface area contributed by atoms with Crippen LogP contribution in [0.3, 0.4) is 0 Å². The molecular formula is C39H60F2N2. The molecule has 2 rings (SSSR count). The maximum atomic E-state index is 13.4. The van der Waals surface area contributed by atoms with E-state index in [9.17, 15) is 8.78 Å². The molecule has 43 heavy (non-hydrogen) atoms. The van der Waals surface area contributed by atoms with Crippen LogP contribution in [0.2, 0.25) is 0 Å². The number of rotatable bonds is 10. The van der Waals surface area contributed by atoms with Crippen molar-refractivity contribution in [3.05, 3.63) is 101 Å². The molecule has 2 aromatic rings. The molecule has 0 saturated carbocycles. The normalized spacial score (nSPS) is 12.3. The fourth-order valence-electron chi connectivity index (χ4n) is 3.43. The molecule has 0 unspecified atom stereocenters. The van der Waals surface area contributed by atoms with Crippen LogP contribution in [0, 0.1) is 6.92 Å². The number of aliphatic imine (C=N–C) groups is 2. The number of unbranched alkanes of at least 4 members (excludes halogenated alkanes) is 1. The summed E-state index contributed by atoms with van der Waals surface area (Å²) in [6.45, 7) is 29.6. The molecule has 0 N–H and O–H groups in total. The first kappa shape index (κ1) is 44.0. The van der Waals surface area contributed by atoms with E-state index < -0.39 is 6.05 Å². The Labute approximate surface area is 263 Å². The van der Waals surface area contributed by atoms with Crippen LogP contribution in [0.5, 0.6) is 0 Å². The van der Waals surface area contributed by atoms with Gasteiger partial charge in [0.25, 0.3) is 0 Å². The number of fused-ring (bicyclic) bond motifs is 1. The van der Waals surface area contributed by atoms with Crippen molar-refractivity contribution in [3.8, 4) is 0 Å². The highest BCUT2D eigenvalue weighted by Gasteiger charge is 2.22. The van der Waals surface area contributed by atoms with Gasteiger partial charge in [-0.15, -0.1) is 0 Å². The highest BCUT2D eigenvalue weighted by Crippen LogP contribution is 2.30. The van der Waals surface area contributed by atoms with Crippen molar-refractivity contribution in [2.45, 2.75) is 115 Å². The van der Waals surface area contributed by atoms with E-state index in [0.29, 0.717) is 0 Å². The van der Waals surface area contributed by atoms with E-state index in [4.69, 9.17) is 4.99 Å². The summed E-state index contributed by atoms with van der Waals surface area (Å²) in [4.78, 5) is 8.06. The summed E-state index contributed by atoms with van der Waals surface area (Å²) in [7, 11) is 0. The monoisotopic (exact) mass is 594 g/mol. The van der Waals surface area contributed by atoms with Crippen LogP contribution in [-0.4, -0.2) is 18.5 Å². The van der Waals surface area contributed by atoms with Gasteiger partial charge >= 0.3 is 6.05 Å². The van der Waals surface area contributed by atoms with Crippen molar-refractivity contribution < 1.29 is 8.78 Å². The highest BCUT2D eigenvalue weighted by molar-refractivity contribution is 5.99. The molecule has 0 saturated heterocycles. The molecule has 0 atom stereocenters. The summed E-state index contributed by atoms with van der Waals surface area (Å²) in [5, 5.41) is 2.34. The Morgan fingerprint density at radius 3 is 1.88 bits per heavy atom. The van der Waals surface area contributed by atoms with Crippen molar-refractivity contribution in [1.29, 1.82) is 0 Å². The zero-order valence-electron chi connectivity index (χ0n) is 29.5. The van der Waals surface area contributed by atoms with E-state index in [0.717, 1.165) is 39.6 Å². The second-order valence-corrected chi connectivity index (χ2v) is 8.60. The maximum Gasteiger partial charge on any atom is 0.341 e. The molecule has 0 heterocycles. The van der Waals surface area contributed by atoms with Gasteiger partial charge in [0.2, 0.25) is 0 Å². The largest absolute Gasteiger partial charge is 0.341 e. The smallest absolute Gasteiger partial charge is 0.260 e. The lowest BCUT2D eigenvalue weighted by Gasteiger charge is -2.12. The molecule has 0 aromatic heterocycles. The van der Waals surface area contributed by atoms with Crippen LogP contribution in [0.1, 0.15) is 113 Å². The fourth-order valence-corrected chi connectivity index (χ4v) is 3.43. The second-order valence-electron chi connectivity index (χ2n) is 8.60. The summed E-state index contributed by atoms with van der Waals surface area (Å²) in [6, 6.07) is 9.43. The minimum atomic E-state index is -3.06. The maximum absolute atomic E-state index is 13.4. The minimum absolute atomic E-state index is 0.337. The Morgan fingerprint density at radius 2 is 1.42 bits per heavy atom. The SMILES string of the molecule is C=C\C(=C(C)\N=C/C(=C\C)C(/C=C\C)=C/C=N\C(F)(F)CC)c1ccc(C)c2ccccc12.CC.CC.CC.CCCC. The van der Waals surface area contributed by atoms with Crippen LogP contribution in [0.15, 0.2) is 100 Å². The number of aryl methyl sites for hydroxylation is 1. The van der Waals surface area contributed by atoms with Gasteiger partial charge in [0, 0.05) is 30.1 Å². The molecule has 0 aliphatic carbocycles. The Kier molecular flexibility index (Phi) is 28.1. The third kappa shape index (κ3) is 16.7. The fraction of sp³-hybridized carbons (Fsp3) is 0.436. The zero-order chi connectivity index (χ0) is 33.8. The van der Waals surface area contributed by atoms with Crippen LogP contribution in [0.4, 0.5) is 8.78 Å². The molecule has 4 heteroatoms. The predicted molar refractivity (Wildman–Crippen MR) is 195 cm³/mol. The summed E-state index contributed by atoms with van der Waals surface area (Å²) < 4.78 is 26.9. The molecule has 240 valence electrons. The van der Waals surface area contributed by atoms with E-state index >= 15 is 0 Å². The zero-order valence-corrected chi connectivity index (χ0v) is 29.5. The summed E-state index contributed by atoms with van der Waals surface area (Å²) in [5.41, 5.74) is 5.58. The van der Waals surface area contributed by atoms with Crippen molar-refractivity contribution in [1.82, 2.24) is 0 Å². The van der Waals surface area contributed by atoms with Crippen LogP contribution in [-0.2, 0) is 0 Å². The number of hydrogen-bond acceptors (Lipinski definition) is 2. The molecule has 2 nitrogen and oxygen atoms in total. The number of nitrogens with zero attached hydrogens (tertiary/aromatic N) is 2. The first-order valence-corrected chi connectivity index (χ1v) is 16.0. The average Bonchev–Trinajstić information content (AvgIpc) is 3.05. The summed E-state index contributed by atoms with van der Waals surface area (Å²) in [5.74, 6) is 0. The van der Waals surface area contributed by atoms with Crippen molar-refractivity contribution in [2.75, 3.05) is 0 Å².